The van der Waals surface area contributed by atoms with Gasteiger partial charge in [0.05, 0.1) is 5.69 Å². The fourth-order valence-electron chi connectivity index (χ4n) is 1.76. The lowest BCUT2D eigenvalue weighted by atomic mass is 10.2. The van der Waals surface area contributed by atoms with Crippen LogP contribution in [0.2, 0.25) is 0 Å². The highest BCUT2D eigenvalue weighted by Gasteiger charge is 2.05. The minimum atomic E-state index is -0.336. The average Bonchev–Trinajstić information content (AvgIpc) is 2.49. The molecular formula is C17H16N2O2. The number of anilines is 2. The van der Waals surface area contributed by atoms with Crippen LogP contribution in [0.4, 0.5) is 16.2 Å². The quantitative estimate of drug-likeness (QED) is 0.741. The van der Waals surface area contributed by atoms with Crippen LogP contribution in [0.3, 0.4) is 0 Å². The number of amides is 2. The highest BCUT2D eigenvalue weighted by atomic mass is 16.2. The number of urea groups is 1. The molecule has 0 saturated carbocycles. The van der Waals surface area contributed by atoms with Crippen molar-refractivity contribution in [1.82, 2.24) is 0 Å². The number of nitrogens with one attached hydrogen (secondary N) is 2. The lowest BCUT2D eigenvalue weighted by Gasteiger charge is -2.09. The summed E-state index contributed by atoms with van der Waals surface area (Å²) in [6.45, 7) is 1.77. The lowest BCUT2D eigenvalue weighted by Crippen LogP contribution is -2.19. The molecule has 0 aliphatic carbocycles. The van der Waals surface area contributed by atoms with Crippen molar-refractivity contribution in [3.63, 3.8) is 0 Å². The summed E-state index contributed by atoms with van der Waals surface area (Å²) in [5.74, 6) is 5.37. The molecule has 4 heteroatoms. The van der Waals surface area contributed by atoms with E-state index in [0.29, 0.717) is 11.3 Å². The van der Waals surface area contributed by atoms with E-state index in [9.17, 15) is 4.79 Å². The van der Waals surface area contributed by atoms with Gasteiger partial charge in [-0.3, -0.25) is 0 Å². The van der Waals surface area contributed by atoms with Crippen LogP contribution in [0.1, 0.15) is 11.1 Å². The van der Waals surface area contributed by atoms with Crippen LogP contribution in [0.15, 0.2) is 48.5 Å². The Morgan fingerprint density at radius 3 is 2.52 bits per heavy atom. The number of rotatable bonds is 2. The number of hydrogen-bond acceptors (Lipinski definition) is 2. The zero-order valence-corrected chi connectivity index (χ0v) is 11.7. The molecule has 0 fully saturated rings. The average molecular weight is 280 g/mol. The largest absolute Gasteiger partial charge is 0.384 e. The lowest BCUT2D eigenvalue weighted by molar-refractivity contribution is 0.262. The fourth-order valence-corrected chi connectivity index (χ4v) is 1.76. The highest BCUT2D eigenvalue weighted by Crippen LogP contribution is 2.15. The molecule has 0 radical (unpaired) electrons. The van der Waals surface area contributed by atoms with Gasteiger partial charge in [0.25, 0.3) is 0 Å². The van der Waals surface area contributed by atoms with Crippen LogP contribution in [0.25, 0.3) is 0 Å². The van der Waals surface area contributed by atoms with E-state index < -0.39 is 0 Å². The standard InChI is InChI=1S/C17H16N2O2/c1-13-8-10-15(11-9-13)18-17(21)19-16-7-3-2-5-14(16)6-4-12-20/h2-3,5,7-11,20H,12H2,1H3,(H2,18,19,21). The first-order chi connectivity index (χ1) is 10.2. The Kier molecular flexibility index (Phi) is 4.97. The van der Waals surface area contributed by atoms with Gasteiger partial charge in [0, 0.05) is 11.3 Å². The summed E-state index contributed by atoms with van der Waals surface area (Å²) in [4.78, 5) is 12.0. The number of hydrogen-bond donors (Lipinski definition) is 3. The second kappa shape index (κ2) is 7.13. The molecule has 0 bridgehead atoms. The molecule has 2 amide bonds. The smallest absolute Gasteiger partial charge is 0.323 e. The van der Waals surface area contributed by atoms with Gasteiger partial charge in [-0.2, -0.15) is 0 Å². The monoisotopic (exact) mass is 280 g/mol. The number of aryl methyl sites for hydroxylation is 1. The Hall–Kier alpha value is -2.77. The van der Waals surface area contributed by atoms with Gasteiger partial charge < -0.3 is 15.7 Å². The van der Waals surface area contributed by atoms with Crippen molar-refractivity contribution >= 4 is 17.4 Å². The molecular weight excluding hydrogens is 264 g/mol. The van der Waals surface area contributed by atoms with E-state index in [1.54, 1.807) is 12.1 Å². The third-order valence-electron chi connectivity index (χ3n) is 2.79. The van der Waals surface area contributed by atoms with E-state index in [4.69, 9.17) is 5.11 Å². The molecule has 0 saturated heterocycles. The summed E-state index contributed by atoms with van der Waals surface area (Å²) < 4.78 is 0. The summed E-state index contributed by atoms with van der Waals surface area (Å²) in [6.07, 6.45) is 0. The van der Waals surface area contributed by atoms with E-state index in [1.165, 1.54) is 0 Å². The third kappa shape index (κ3) is 4.37. The summed E-state index contributed by atoms with van der Waals surface area (Å²) in [7, 11) is 0. The Bertz CT molecular complexity index is 682. The summed E-state index contributed by atoms with van der Waals surface area (Å²) >= 11 is 0. The summed E-state index contributed by atoms with van der Waals surface area (Å²) in [5.41, 5.74) is 3.11. The van der Waals surface area contributed by atoms with Crippen molar-refractivity contribution in [2.24, 2.45) is 0 Å². The first-order valence-corrected chi connectivity index (χ1v) is 6.52. The molecule has 3 N–H and O–H groups in total. The maximum Gasteiger partial charge on any atom is 0.323 e. The van der Waals surface area contributed by atoms with Gasteiger partial charge in [0.15, 0.2) is 0 Å². The van der Waals surface area contributed by atoms with Crippen LogP contribution in [-0.2, 0) is 0 Å². The van der Waals surface area contributed by atoms with Crippen LogP contribution in [0.5, 0.6) is 0 Å². The van der Waals surface area contributed by atoms with Gasteiger partial charge >= 0.3 is 6.03 Å². The van der Waals surface area contributed by atoms with Gasteiger partial charge in [-0.05, 0) is 31.2 Å². The van der Waals surface area contributed by atoms with Crippen LogP contribution in [-0.4, -0.2) is 17.7 Å². The van der Waals surface area contributed by atoms with Crippen molar-refractivity contribution in [2.75, 3.05) is 17.2 Å². The molecule has 2 aromatic rings. The second-order valence-corrected chi connectivity index (χ2v) is 4.45. The van der Waals surface area contributed by atoms with Crippen LogP contribution >= 0.6 is 0 Å². The van der Waals surface area contributed by atoms with Gasteiger partial charge in [-0.25, -0.2) is 4.79 Å². The van der Waals surface area contributed by atoms with E-state index >= 15 is 0 Å². The molecule has 106 valence electrons. The van der Waals surface area contributed by atoms with Gasteiger partial charge in [-0.15, -0.1) is 0 Å². The number of carbonyl (C=O) groups excluding carboxylic acids is 1. The first kappa shape index (κ1) is 14.6. The Morgan fingerprint density at radius 1 is 1.10 bits per heavy atom. The fraction of sp³-hybridized carbons (Fsp3) is 0.118. The summed E-state index contributed by atoms with van der Waals surface area (Å²) in [6, 6.07) is 14.4. The SMILES string of the molecule is Cc1ccc(NC(=O)Nc2ccccc2C#CCO)cc1. The molecule has 0 atom stereocenters. The molecule has 0 spiro atoms. The summed E-state index contributed by atoms with van der Waals surface area (Å²) in [5, 5.41) is 14.2. The van der Waals surface area contributed by atoms with Crippen molar-refractivity contribution in [2.45, 2.75) is 6.92 Å². The van der Waals surface area contributed by atoms with E-state index in [1.807, 2.05) is 43.3 Å². The van der Waals surface area contributed by atoms with Gasteiger partial charge in [0.2, 0.25) is 0 Å². The predicted octanol–water partition coefficient (Wildman–Crippen LogP) is 2.98. The zero-order chi connectivity index (χ0) is 15.1. The van der Waals surface area contributed by atoms with Crippen molar-refractivity contribution in [3.05, 3.63) is 59.7 Å². The Balaban J connectivity index is 2.07. The zero-order valence-electron chi connectivity index (χ0n) is 11.7. The molecule has 4 nitrogen and oxygen atoms in total. The minimum Gasteiger partial charge on any atom is -0.384 e. The topological polar surface area (TPSA) is 61.4 Å². The predicted molar refractivity (Wildman–Crippen MR) is 84.2 cm³/mol. The Labute approximate surface area is 123 Å². The second-order valence-electron chi connectivity index (χ2n) is 4.45. The molecule has 0 aromatic heterocycles. The minimum absolute atomic E-state index is 0.218. The first-order valence-electron chi connectivity index (χ1n) is 6.52. The van der Waals surface area contributed by atoms with E-state index in [-0.39, 0.29) is 12.6 Å². The number of aliphatic hydroxyl groups excluding tert-OH is 1. The maximum absolute atomic E-state index is 12.0. The number of aliphatic hydroxyl groups is 1. The van der Waals surface area contributed by atoms with Gasteiger partial charge in [-0.1, -0.05) is 41.7 Å². The number of carbonyl (C=O) groups is 1. The molecule has 2 aromatic carbocycles. The van der Waals surface area contributed by atoms with E-state index in [0.717, 1.165) is 11.3 Å². The highest BCUT2D eigenvalue weighted by molar-refractivity contribution is 6.00. The van der Waals surface area contributed by atoms with Crippen molar-refractivity contribution < 1.29 is 9.90 Å². The molecule has 21 heavy (non-hydrogen) atoms. The number of benzene rings is 2. The molecule has 2 rings (SSSR count). The number of para-hydroxylation sites is 1. The Morgan fingerprint density at radius 2 is 1.81 bits per heavy atom. The van der Waals surface area contributed by atoms with Crippen LogP contribution in [0, 0.1) is 18.8 Å². The van der Waals surface area contributed by atoms with Crippen LogP contribution < -0.4 is 10.6 Å². The van der Waals surface area contributed by atoms with E-state index in [2.05, 4.69) is 22.5 Å². The third-order valence-corrected chi connectivity index (χ3v) is 2.79. The van der Waals surface area contributed by atoms with Gasteiger partial charge in [0.1, 0.15) is 6.61 Å². The molecule has 0 aliphatic rings. The molecule has 0 heterocycles. The van der Waals surface area contributed by atoms with Crippen molar-refractivity contribution in [1.29, 1.82) is 0 Å². The maximum atomic E-state index is 12.0. The molecule has 0 aliphatic heterocycles. The normalized spacial score (nSPS) is 9.43. The van der Waals surface area contributed by atoms with Crippen molar-refractivity contribution in [3.8, 4) is 11.8 Å². The molecule has 0 unspecified atom stereocenters.